The second-order valence-electron chi connectivity index (χ2n) is 5.16. The van der Waals surface area contributed by atoms with Crippen molar-refractivity contribution in [2.75, 3.05) is 19.8 Å². The van der Waals surface area contributed by atoms with E-state index in [1.165, 1.54) is 18.2 Å². The van der Waals surface area contributed by atoms with E-state index in [9.17, 15) is 9.18 Å². The third-order valence-corrected chi connectivity index (χ3v) is 2.72. The number of carbonyl (C=O) groups is 1. The number of halogens is 1. The lowest BCUT2D eigenvalue weighted by Crippen LogP contribution is -2.37. The standard InChI is InChI=1S/C14H20FNO3/c1-14(2,6-7-17)10-16-13(18)9-19-12-5-3-4-11(15)8-12/h3-5,8,17H,6-7,9-10H2,1-2H3,(H,16,18). The van der Waals surface area contributed by atoms with Crippen LogP contribution in [0.25, 0.3) is 0 Å². The van der Waals surface area contributed by atoms with Crippen LogP contribution in [0.5, 0.6) is 5.75 Å². The van der Waals surface area contributed by atoms with Crippen molar-refractivity contribution < 1.29 is 19.0 Å². The zero-order chi connectivity index (χ0) is 14.3. The van der Waals surface area contributed by atoms with Gasteiger partial charge in [0.15, 0.2) is 6.61 Å². The predicted octanol–water partition coefficient (Wildman–Crippen LogP) is 1.73. The van der Waals surface area contributed by atoms with Crippen molar-refractivity contribution in [2.45, 2.75) is 20.3 Å². The van der Waals surface area contributed by atoms with E-state index in [2.05, 4.69) is 5.32 Å². The molecule has 2 N–H and O–H groups in total. The van der Waals surface area contributed by atoms with Gasteiger partial charge in [-0.05, 0) is 24.0 Å². The van der Waals surface area contributed by atoms with Crippen LogP contribution in [0.4, 0.5) is 4.39 Å². The molecule has 0 aliphatic rings. The van der Waals surface area contributed by atoms with E-state index < -0.39 is 5.82 Å². The van der Waals surface area contributed by atoms with Crippen LogP contribution in [0, 0.1) is 11.2 Å². The molecule has 1 aromatic rings. The van der Waals surface area contributed by atoms with E-state index in [1.807, 2.05) is 13.8 Å². The molecule has 106 valence electrons. The maximum Gasteiger partial charge on any atom is 0.257 e. The van der Waals surface area contributed by atoms with Crippen molar-refractivity contribution in [2.24, 2.45) is 5.41 Å². The lowest BCUT2D eigenvalue weighted by Gasteiger charge is -2.23. The molecule has 5 heteroatoms. The highest BCUT2D eigenvalue weighted by Crippen LogP contribution is 2.17. The highest BCUT2D eigenvalue weighted by atomic mass is 19.1. The first-order chi connectivity index (χ1) is 8.93. The molecular weight excluding hydrogens is 249 g/mol. The molecular formula is C14H20FNO3. The Bertz CT molecular complexity index is 421. The highest BCUT2D eigenvalue weighted by molar-refractivity contribution is 5.77. The maximum atomic E-state index is 12.9. The van der Waals surface area contributed by atoms with E-state index in [-0.39, 0.29) is 24.5 Å². The van der Waals surface area contributed by atoms with Gasteiger partial charge < -0.3 is 15.2 Å². The molecule has 0 spiro atoms. The molecule has 0 unspecified atom stereocenters. The first-order valence-electron chi connectivity index (χ1n) is 6.19. The fourth-order valence-corrected chi connectivity index (χ4v) is 1.49. The number of ether oxygens (including phenoxy) is 1. The van der Waals surface area contributed by atoms with E-state index in [0.29, 0.717) is 18.7 Å². The molecule has 0 saturated heterocycles. The summed E-state index contributed by atoms with van der Waals surface area (Å²) in [7, 11) is 0. The van der Waals surface area contributed by atoms with E-state index in [1.54, 1.807) is 6.07 Å². The molecule has 1 aromatic carbocycles. The molecule has 4 nitrogen and oxygen atoms in total. The summed E-state index contributed by atoms with van der Waals surface area (Å²) in [5.41, 5.74) is -0.163. The number of benzene rings is 1. The number of aliphatic hydroxyl groups is 1. The van der Waals surface area contributed by atoms with Gasteiger partial charge in [-0.1, -0.05) is 19.9 Å². The summed E-state index contributed by atoms with van der Waals surface area (Å²) in [6.07, 6.45) is 0.609. The molecule has 0 aliphatic carbocycles. The number of amides is 1. The molecule has 0 heterocycles. The SMILES string of the molecule is CC(C)(CCO)CNC(=O)COc1cccc(F)c1. The smallest absolute Gasteiger partial charge is 0.257 e. The highest BCUT2D eigenvalue weighted by Gasteiger charge is 2.18. The van der Waals surface area contributed by atoms with Gasteiger partial charge in [0, 0.05) is 19.2 Å². The Morgan fingerprint density at radius 1 is 1.47 bits per heavy atom. The summed E-state index contributed by atoms with van der Waals surface area (Å²) < 4.78 is 18.0. The molecule has 19 heavy (non-hydrogen) atoms. The fourth-order valence-electron chi connectivity index (χ4n) is 1.49. The van der Waals surface area contributed by atoms with Gasteiger partial charge in [-0.3, -0.25) is 4.79 Å². The largest absolute Gasteiger partial charge is 0.484 e. The van der Waals surface area contributed by atoms with Crippen molar-refractivity contribution in [3.05, 3.63) is 30.1 Å². The lowest BCUT2D eigenvalue weighted by atomic mass is 9.90. The van der Waals surface area contributed by atoms with Gasteiger partial charge in [-0.15, -0.1) is 0 Å². The minimum Gasteiger partial charge on any atom is -0.484 e. The molecule has 0 fully saturated rings. The molecule has 0 bridgehead atoms. The van der Waals surface area contributed by atoms with Gasteiger partial charge in [0.2, 0.25) is 0 Å². The Morgan fingerprint density at radius 3 is 2.84 bits per heavy atom. The quantitative estimate of drug-likeness (QED) is 0.792. The molecule has 1 amide bonds. The topological polar surface area (TPSA) is 58.6 Å². The number of nitrogens with one attached hydrogen (secondary N) is 1. The summed E-state index contributed by atoms with van der Waals surface area (Å²) in [5.74, 6) is -0.345. The molecule has 1 rings (SSSR count). The molecule has 0 aromatic heterocycles. The van der Waals surface area contributed by atoms with Gasteiger partial charge in [0.1, 0.15) is 11.6 Å². The van der Waals surface area contributed by atoms with Gasteiger partial charge in [-0.2, -0.15) is 0 Å². The maximum absolute atomic E-state index is 12.9. The van der Waals surface area contributed by atoms with Crippen LogP contribution < -0.4 is 10.1 Å². The Hall–Kier alpha value is -1.62. The Kier molecular flexibility index (Phi) is 5.76. The summed E-state index contributed by atoms with van der Waals surface area (Å²) in [6, 6.07) is 5.65. The number of hydrogen-bond acceptors (Lipinski definition) is 3. The Balaban J connectivity index is 2.32. The average molecular weight is 269 g/mol. The summed E-state index contributed by atoms with van der Waals surface area (Å²) in [4.78, 5) is 11.6. The van der Waals surface area contributed by atoms with Crippen LogP contribution in [-0.2, 0) is 4.79 Å². The summed E-state index contributed by atoms with van der Waals surface area (Å²) in [5, 5.41) is 11.6. The molecule has 0 radical (unpaired) electrons. The number of hydrogen-bond donors (Lipinski definition) is 2. The minimum absolute atomic E-state index is 0.0860. The van der Waals surface area contributed by atoms with Crippen LogP contribution in [0.3, 0.4) is 0 Å². The van der Waals surface area contributed by atoms with E-state index in [4.69, 9.17) is 9.84 Å². The predicted molar refractivity (Wildman–Crippen MR) is 70.4 cm³/mol. The summed E-state index contributed by atoms with van der Waals surface area (Å²) in [6.45, 7) is 4.30. The van der Waals surface area contributed by atoms with Gasteiger partial charge in [-0.25, -0.2) is 4.39 Å². The van der Waals surface area contributed by atoms with E-state index in [0.717, 1.165) is 0 Å². The third-order valence-electron chi connectivity index (χ3n) is 2.72. The fraction of sp³-hybridized carbons (Fsp3) is 0.500. The van der Waals surface area contributed by atoms with Gasteiger partial charge in [0.05, 0.1) is 0 Å². The van der Waals surface area contributed by atoms with Crippen LogP contribution in [-0.4, -0.2) is 30.8 Å². The van der Waals surface area contributed by atoms with Crippen molar-refractivity contribution in [1.82, 2.24) is 5.32 Å². The van der Waals surface area contributed by atoms with Crippen LogP contribution in [0.15, 0.2) is 24.3 Å². The van der Waals surface area contributed by atoms with Crippen LogP contribution in [0.2, 0.25) is 0 Å². The normalized spacial score (nSPS) is 11.2. The first kappa shape index (κ1) is 15.4. The number of carbonyl (C=O) groups excluding carboxylic acids is 1. The monoisotopic (exact) mass is 269 g/mol. The minimum atomic E-state index is -0.401. The summed E-state index contributed by atoms with van der Waals surface area (Å²) >= 11 is 0. The molecule has 0 saturated carbocycles. The number of aliphatic hydroxyl groups excluding tert-OH is 1. The van der Waals surface area contributed by atoms with Crippen molar-refractivity contribution in [3.8, 4) is 5.75 Å². The van der Waals surface area contributed by atoms with Crippen LogP contribution >= 0.6 is 0 Å². The second kappa shape index (κ2) is 7.09. The Morgan fingerprint density at radius 2 is 2.21 bits per heavy atom. The zero-order valence-electron chi connectivity index (χ0n) is 11.3. The van der Waals surface area contributed by atoms with Crippen LogP contribution in [0.1, 0.15) is 20.3 Å². The Labute approximate surface area is 112 Å². The average Bonchev–Trinajstić information content (AvgIpc) is 2.34. The number of rotatable bonds is 7. The van der Waals surface area contributed by atoms with Gasteiger partial charge >= 0.3 is 0 Å². The zero-order valence-corrected chi connectivity index (χ0v) is 11.3. The van der Waals surface area contributed by atoms with E-state index >= 15 is 0 Å². The van der Waals surface area contributed by atoms with Crippen molar-refractivity contribution in [1.29, 1.82) is 0 Å². The first-order valence-corrected chi connectivity index (χ1v) is 6.19. The lowest BCUT2D eigenvalue weighted by molar-refractivity contribution is -0.123. The van der Waals surface area contributed by atoms with Gasteiger partial charge in [0.25, 0.3) is 5.91 Å². The molecule has 0 aliphatic heterocycles. The molecule has 0 atom stereocenters. The third kappa shape index (κ3) is 6.20. The van der Waals surface area contributed by atoms with Crippen molar-refractivity contribution >= 4 is 5.91 Å². The van der Waals surface area contributed by atoms with Crippen molar-refractivity contribution in [3.63, 3.8) is 0 Å². The second-order valence-corrected chi connectivity index (χ2v) is 5.16.